The summed E-state index contributed by atoms with van der Waals surface area (Å²) in [5, 5.41) is 0.796. The molecule has 1 aromatic heterocycles. The summed E-state index contributed by atoms with van der Waals surface area (Å²) < 4.78 is 5.53. The van der Waals surface area contributed by atoms with Gasteiger partial charge in [-0.05, 0) is 55.2 Å². The van der Waals surface area contributed by atoms with Gasteiger partial charge in [0.1, 0.15) is 0 Å². The van der Waals surface area contributed by atoms with Crippen LogP contribution in [0.25, 0.3) is 5.57 Å². The van der Waals surface area contributed by atoms with Gasteiger partial charge in [0.15, 0.2) is 0 Å². The summed E-state index contributed by atoms with van der Waals surface area (Å²) in [6, 6.07) is 10.6. The lowest BCUT2D eigenvalue weighted by Crippen LogP contribution is -2.01. The molecule has 1 aliphatic carbocycles. The van der Waals surface area contributed by atoms with Crippen LogP contribution in [0.15, 0.2) is 41.3 Å². The molecule has 3 rings (SSSR count). The Bertz CT molecular complexity index is 797. The Morgan fingerprint density at radius 1 is 1.27 bits per heavy atom. The molecule has 4 heteroatoms. The van der Waals surface area contributed by atoms with Gasteiger partial charge in [-0.2, -0.15) is 0 Å². The van der Waals surface area contributed by atoms with Crippen LogP contribution in [0.3, 0.4) is 0 Å². The molecular weight excluding hydrogens is 362 g/mol. The molecule has 0 saturated heterocycles. The van der Waals surface area contributed by atoms with Crippen molar-refractivity contribution < 1.29 is 4.74 Å². The van der Waals surface area contributed by atoms with Crippen LogP contribution in [0.4, 0.5) is 0 Å². The Morgan fingerprint density at radius 3 is 2.65 bits per heavy atom. The zero-order valence-electron chi connectivity index (χ0n) is 15.7. The number of methoxy groups -OCH3 is 1. The van der Waals surface area contributed by atoms with Gasteiger partial charge in [0, 0.05) is 16.0 Å². The number of ether oxygens (including phenoxy) is 1. The molecule has 2 nitrogen and oxygen atoms in total. The fourth-order valence-electron chi connectivity index (χ4n) is 3.59. The molecule has 0 amide bonds. The summed E-state index contributed by atoms with van der Waals surface area (Å²) in [6.07, 6.45) is 10.5. The fraction of sp³-hybridized carbons (Fsp3) is 0.409. The van der Waals surface area contributed by atoms with Gasteiger partial charge in [-0.3, -0.25) is 0 Å². The first-order chi connectivity index (χ1) is 12.7. The number of halogens is 1. The van der Waals surface area contributed by atoms with E-state index in [1.807, 2.05) is 6.26 Å². The molecule has 0 unspecified atom stereocenters. The minimum atomic E-state index is 0.614. The second-order valence-electron chi connectivity index (χ2n) is 6.69. The Morgan fingerprint density at radius 2 is 2.04 bits per heavy atom. The smallest absolute Gasteiger partial charge is 0.216 e. The lowest BCUT2D eigenvalue weighted by atomic mass is 9.95. The molecule has 0 spiro atoms. The van der Waals surface area contributed by atoms with Gasteiger partial charge in [-0.25, -0.2) is 4.98 Å². The van der Waals surface area contributed by atoms with Crippen molar-refractivity contribution in [2.75, 3.05) is 13.4 Å². The highest BCUT2D eigenvalue weighted by atomic mass is 35.5. The molecule has 1 heterocycles. The zero-order chi connectivity index (χ0) is 18.5. The average Bonchev–Trinajstić information content (AvgIpc) is 3.18. The van der Waals surface area contributed by atoms with Crippen molar-refractivity contribution in [2.24, 2.45) is 5.92 Å². The SMILES string of the molecule is CCc1ccc(/C(=C\C2CCCC2)c2ccc(SC)c(Cl)c2)nc1OC. The fourth-order valence-corrected chi connectivity index (χ4v) is 4.46. The van der Waals surface area contributed by atoms with E-state index >= 15 is 0 Å². The van der Waals surface area contributed by atoms with Crippen molar-refractivity contribution in [2.45, 2.75) is 43.9 Å². The van der Waals surface area contributed by atoms with Gasteiger partial charge >= 0.3 is 0 Å². The first-order valence-corrected chi connectivity index (χ1v) is 10.9. The quantitative estimate of drug-likeness (QED) is 0.518. The Labute approximate surface area is 166 Å². The summed E-state index contributed by atoms with van der Waals surface area (Å²) in [5.41, 5.74) is 4.37. The maximum atomic E-state index is 6.49. The molecular formula is C22H26ClNOS. The maximum absolute atomic E-state index is 6.49. The van der Waals surface area contributed by atoms with Crippen LogP contribution >= 0.6 is 23.4 Å². The average molecular weight is 388 g/mol. The number of aryl methyl sites for hydroxylation is 1. The molecule has 0 radical (unpaired) electrons. The molecule has 1 fully saturated rings. The van der Waals surface area contributed by atoms with E-state index in [9.17, 15) is 0 Å². The standard InChI is InChI=1S/C22H26ClNOS/c1-4-16-9-11-20(24-22(16)25-2)18(13-15-7-5-6-8-15)17-10-12-21(26-3)19(23)14-17/h9-15H,4-8H2,1-3H3/b18-13-. The van der Waals surface area contributed by atoms with Crippen molar-refractivity contribution in [1.29, 1.82) is 0 Å². The van der Waals surface area contributed by atoms with Gasteiger partial charge in [0.2, 0.25) is 5.88 Å². The minimum absolute atomic E-state index is 0.614. The molecule has 1 saturated carbocycles. The number of nitrogens with zero attached hydrogens (tertiary/aromatic N) is 1. The lowest BCUT2D eigenvalue weighted by Gasteiger charge is -2.14. The van der Waals surface area contributed by atoms with Crippen LogP contribution in [0.2, 0.25) is 5.02 Å². The lowest BCUT2D eigenvalue weighted by molar-refractivity contribution is 0.392. The Balaban J connectivity index is 2.08. The Kier molecular flexibility index (Phi) is 6.66. The number of rotatable bonds is 6. The van der Waals surface area contributed by atoms with Crippen LogP contribution in [0, 0.1) is 5.92 Å². The third-order valence-corrected chi connectivity index (χ3v) is 6.27. The monoisotopic (exact) mass is 387 g/mol. The second-order valence-corrected chi connectivity index (χ2v) is 7.95. The second kappa shape index (κ2) is 8.96. The first kappa shape index (κ1) is 19.3. The zero-order valence-corrected chi connectivity index (χ0v) is 17.3. The number of pyridine rings is 1. The Hall–Kier alpha value is -1.45. The van der Waals surface area contributed by atoms with Gasteiger partial charge in [0.05, 0.1) is 17.8 Å². The third-order valence-electron chi connectivity index (χ3n) is 5.05. The van der Waals surface area contributed by atoms with Crippen molar-refractivity contribution in [1.82, 2.24) is 4.98 Å². The molecule has 2 aromatic rings. The topological polar surface area (TPSA) is 22.1 Å². The van der Waals surface area contributed by atoms with Crippen LogP contribution in [0.5, 0.6) is 5.88 Å². The number of aromatic nitrogens is 1. The normalized spacial score (nSPS) is 15.5. The molecule has 1 aromatic carbocycles. The van der Waals surface area contributed by atoms with Crippen molar-refractivity contribution in [3.63, 3.8) is 0 Å². The first-order valence-electron chi connectivity index (χ1n) is 9.26. The highest BCUT2D eigenvalue weighted by molar-refractivity contribution is 7.98. The predicted molar refractivity (Wildman–Crippen MR) is 112 cm³/mol. The predicted octanol–water partition coefficient (Wildman–Crippen LogP) is 6.65. The number of hydrogen-bond acceptors (Lipinski definition) is 3. The molecule has 1 aliphatic rings. The third kappa shape index (κ3) is 4.27. The number of hydrogen-bond donors (Lipinski definition) is 0. The maximum Gasteiger partial charge on any atom is 0.216 e. The van der Waals surface area contributed by atoms with E-state index in [4.69, 9.17) is 21.3 Å². The van der Waals surface area contributed by atoms with Gasteiger partial charge in [-0.15, -0.1) is 11.8 Å². The number of thioether (sulfide) groups is 1. The van der Waals surface area contributed by atoms with Gasteiger partial charge in [0.25, 0.3) is 0 Å². The van der Waals surface area contributed by atoms with E-state index < -0.39 is 0 Å². The summed E-state index contributed by atoms with van der Waals surface area (Å²) in [4.78, 5) is 5.91. The molecule has 0 atom stereocenters. The van der Waals surface area contributed by atoms with Crippen LogP contribution in [-0.2, 0) is 6.42 Å². The van der Waals surface area contributed by atoms with E-state index in [0.717, 1.165) is 38.7 Å². The summed E-state index contributed by atoms with van der Waals surface area (Å²) in [5.74, 6) is 1.33. The van der Waals surface area contributed by atoms with Gasteiger partial charge in [-0.1, -0.05) is 49.6 Å². The van der Waals surface area contributed by atoms with E-state index in [1.165, 1.54) is 25.7 Å². The van der Waals surface area contributed by atoms with E-state index in [1.54, 1.807) is 18.9 Å². The van der Waals surface area contributed by atoms with E-state index in [0.29, 0.717) is 11.8 Å². The molecule has 0 N–H and O–H groups in total. The summed E-state index contributed by atoms with van der Waals surface area (Å²) in [6.45, 7) is 2.12. The number of benzene rings is 1. The van der Waals surface area contributed by atoms with Crippen molar-refractivity contribution in [3.8, 4) is 5.88 Å². The highest BCUT2D eigenvalue weighted by Crippen LogP contribution is 2.35. The van der Waals surface area contributed by atoms with Crippen LogP contribution in [-0.4, -0.2) is 18.3 Å². The largest absolute Gasteiger partial charge is 0.481 e. The summed E-state index contributed by atoms with van der Waals surface area (Å²) in [7, 11) is 1.69. The summed E-state index contributed by atoms with van der Waals surface area (Å²) >= 11 is 8.16. The van der Waals surface area contributed by atoms with Crippen molar-refractivity contribution >= 4 is 28.9 Å². The van der Waals surface area contributed by atoms with Gasteiger partial charge < -0.3 is 4.74 Å². The molecule has 0 aliphatic heterocycles. The molecule has 138 valence electrons. The number of allylic oxidation sites excluding steroid dienone is 1. The van der Waals surface area contributed by atoms with Crippen LogP contribution < -0.4 is 4.74 Å². The molecule has 26 heavy (non-hydrogen) atoms. The van der Waals surface area contributed by atoms with Crippen molar-refractivity contribution in [3.05, 3.63) is 58.3 Å². The van der Waals surface area contributed by atoms with Crippen LogP contribution in [0.1, 0.15) is 49.4 Å². The highest BCUT2D eigenvalue weighted by Gasteiger charge is 2.17. The minimum Gasteiger partial charge on any atom is -0.481 e. The van der Waals surface area contributed by atoms with E-state index in [2.05, 4.69) is 43.3 Å². The van der Waals surface area contributed by atoms with E-state index in [-0.39, 0.29) is 0 Å². The molecule has 0 bridgehead atoms.